The number of halogens is 1. The number of para-hydroxylation sites is 1. The fourth-order valence-electron chi connectivity index (χ4n) is 3.43. The zero-order chi connectivity index (χ0) is 18.1. The maximum Gasteiger partial charge on any atom is 0.260 e. The number of nitrogens with one attached hydrogen (secondary N) is 1. The van der Waals surface area contributed by atoms with Crippen molar-refractivity contribution in [3.63, 3.8) is 0 Å². The van der Waals surface area contributed by atoms with Gasteiger partial charge in [0.2, 0.25) is 5.95 Å². The van der Waals surface area contributed by atoms with Crippen LogP contribution in [0.15, 0.2) is 53.3 Å². The lowest BCUT2D eigenvalue weighted by molar-refractivity contribution is 0.0900. The van der Waals surface area contributed by atoms with Crippen molar-refractivity contribution >= 4 is 22.6 Å². The largest absolute Gasteiger partial charge is 0.342 e. The first-order chi connectivity index (χ1) is 12.6. The molecule has 1 fully saturated rings. The Labute approximate surface area is 149 Å². The van der Waals surface area contributed by atoms with E-state index in [0.717, 1.165) is 0 Å². The molecule has 0 spiro atoms. The number of piperidine rings is 1. The smallest absolute Gasteiger partial charge is 0.260 e. The molecule has 0 amide bonds. The number of hydrogen-bond donors (Lipinski definition) is 1. The predicted octanol–water partition coefficient (Wildman–Crippen LogP) is 3.16. The number of H-pyrrole nitrogens is 1. The fraction of sp³-hybridized carbons (Fsp3) is 0.250. The lowest BCUT2D eigenvalue weighted by Crippen LogP contribution is -2.38. The molecule has 1 aromatic heterocycles. The number of carbonyl (C=O) groups excluding carboxylic acids is 1. The van der Waals surface area contributed by atoms with Crippen LogP contribution < -0.4 is 10.5 Å². The summed E-state index contributed by atoms with van der Waals surface area (Å²) in [7, 11) is 0. The van der Waals surface area contributed by atoms with Gasteiger partial charge in [0.1, 0.15) is 5.82 Å². The van der Waals surface area contributed by atoms with Gasteiger partial charge in [0.25, 0.3) is 5.56 Å². The maximum absolute atomic E-state index is 13.0. The lowest BCUT2D eigenvalue weighted by atomic mass is 9.89. The van der Waals surface area contributed by atoms with Crippen molar-refractivity contribution in [3.8, 4) is 0 Å². The van der Waals surface area contributed by atoms with E-state index in [4.69, 9.17) is 0 Å². The molecular formula is C20H18FN3O2. The summed E-state index contributed by atoms with van der Waals surface area (Å²) in [5, 5.41) is 0.567. The number of fused-ring (bicyclic) bond motifs is 1. The minimum absolute atomic E-state index is 0.0459. The van der Waals surface area contributed by atoms with Gasteiger partial charge in [-0.15, -0.1) is 0 Å². The molecule has 2 heterocycles. The summed E-state index contributed by atoms with van der Waals surface area (Å²) in [6.07, 6.45) is 1.35. The summed E-state index contributed by atoms with van der Waals surface area (Å²) in [5.41, 5.74) is 1.05. The monoisotopic (exact) mass is 351 g/mol. The molecular weight excluding hydrogens is 333 g/mol. The van der Waals surface area contributed by atoms with Crippen LogP contribution in [0.2, 0.25) is 0 Å². The molecule has 3 aromatic rings. The molecule has 0 atom stereocenters. The van der Waals surface area contributed by atoms with Crippen molar-refractivity contribution in [1.29, 1.82) is 0 Å². The molecule has 26 heavy (non-hydrogen) atoms. The standard InChI is InChI=1S/C20H18FN3O2/c21-15-7-5-13(6-8-15)18(25)14-9-11-24(12-10-14)20-22-17-4-2-1-3-16(17)19(26)23-20/h1-8,14H,9-12H2,(H,22,23,26). The van der Waals surface area contributed by atoms with Gasteiger partial charge in [-0.25, -0.2) is 9.37 Å². The summed E-state index contributed by atoms with van der Waals surface area (Å²) >= 11 is 0. The molecule has 132 valence electrons. The molecule has 1 aliphatic heterocycles. The van der Waals surface area contributed by atoms with Crippen molar-refractivity contribution in [2.24, 2.45) is 5.92 Å². The quantitative estimate of drug-likeness (QED) is 0.736. The SMILES string of the molecule is O=C(c1ccc(F)cc1)C1CCN(c2nc3ccccc3c(=O)[nH]2)CC1. The molecule has 1 aliphatic rings. The van der Waals surface area contributed by atoms with E-state index >= 15 is 0 Å². The second kappa shape index (κ2) is 6.71. The molecule has 0 aliphatic carbocycles. The van der Waals surface area contributed by atoms with Crippen LogP contribution >= 0.6 is 0 Å². The van der Waals surface area contributed by atoms with E-state index < -0.39 is 0 Å². The number of aromatic amines is 1. The van der Waals surface area contributed by atoms with Crippen LogP contribution in [-0.4, -0.2) is 28.8 Å². The van der Waals surface area contributed by atoms with Crippen molar-refractivity contribution in [3.05, 3.63) is 70.3 Å². The number of carbonyl (C=O) groups is 1. The molecule has 4 rings (SSSR count). The van der Waals surface area contributed by atoms with Gasteiger partial charge in [0.15, 0.2) is 5.78 Å². The van der Waals surface area contributed by atoms with Gasteiger partial charge in [-0.3, -0.25) is 14.6 Å². The van der Waals surface area contributed by atoms with E-state index in [1.165, 1.54) is 24.3 Å². The summed E-state index contributed by atoms with van der Waals surface area (Å²) in [5.74, 6) is 0.151. The van der Waals surface area contributed by atoms with E-state index in [1.807, 2.05) is 23.1 Å². The zero-order valence-corrected chi connectivity index (χ0v) is 14.1. The Hall–Kier alpha value is -3.02. The number of rotatable bonds is 3. The number of benzene rings is 2. The van der Waals surface area contributed by atoms with Crippen molar-refractivity contribution in [2.45, 2.75) is 12.8 Å². The summed E-state index contributed by atoms with van der Waals surface area (Å²) < 4.78 is 13.0. The van der Waals surface area contributed by atoms with E-state index in [1.54, 1.807) is 6.07 Å². The summed E-state index contributed by atoms with van der Waals surface area (Å²) in [4.78, 5) is 34.2. The normalized spacial score (nSPS) is 15.3. The average molecular weight is 351 g/mol. The van der Waals surface area contributed by atoms with Gasteiger partial charge in [0.05, 0.1) is 10.9 Å². The molecule has 0 radical (unpaired) electrons. The first kappa shape index (κ1) is 16.4. The Kier molecular flexibility index (Phi) is 4.24. The third-order valence-electron chi connectivity index (χ3n) is 4.89. The van der Waals surface area contributed by atoms with Gasteiger partial charge in [0, 0.05) is 24.6 Å². The van der Waals surface area contributed by atoms with Crippen LogP contribution in [0.3, 0.4) is 0 Å². The third-order valence-corrected chi connectivity index (χ3v) is 4.89. The number of Topliss-reactive ketones (excluding diaryl/α,β-unsaturated/α-hetero) is 1. The highest BCUT2D eigenvalue weighted by molar-refractivity contribution is 5.98. The molecule has 1 saturated heterocycles. The van der Waals surface area contributed by atoms with Gasteiger partial charge in [-0.05, 0) is 49.2 Å². The molecule has 0 bridgehead atoms. The molecule has 0 unspecified atom stereocenters. The van der Waals surface area contributed by atoms with Crippen LogP contribution in [0, 0.1) is 11.7 Å². The van der Waals surface area contributed by atoms with Crippen LogP contribution in [0.4, 0.5) is 10.3 Å². The van der Waals surface area contributed by atoms with Crippen LogP contribution in [-0.2, 0) is 0 Å². The highest BCUT2D eigenvalue weighted by Gasteiger charge is 2.27. The molecule has 0 saturated carbocycles. The first-order valence-electron chi connectivity index (χ1n) is 8.65. The van der Waals surface area contributed by atoms with Crippen LogP contribution in [0.25, 0.3) is 10.9 Å². The van der Waals surface area contributed by atoms with Crippen LogP contribution in [0.1, 0.15) is 23.2 Å². The summed E-state index contributed by atoms with van der Waals surface area (Å²) in [6.45, 7) is 1.28. The topological polar surface area (TPSA) is 66.1 Å². The Morgan fingerprint density at radius 3 is 2.50 bits per heavy atom. The predicted molar refractivity (Wildman–Crippen MR) is 98.0 cm³/mol. The van der Waals surface area contributed by atoms with Gasteiger partial charge in [-0.1, -0.05) is 12.1 Å². The Morgan fingerprint density at radius 2 is 1.77 bits per heavy atom. The Bertz CT molecular complexity index is 1010. The number of anilines is 1. The fourth-order valence-corrected chi connectivity index (χ4v) is 3.43. The maximum atomic E-state index is 13.0. The Balaban J connectivity index is 1.49. The number of aromatic nitrogens is 2. The minimum Gasteiger partial charge on any atom is -0.342 e. The number of hydrogen-bond acceptors (Lipinski definition) is 4. The minimum atomic E-state index is -0.345. The highest BCUT2D eigenvalue weighted by atomic mass is 19.1. The number of nitrogens with zero attached hydrogens (tertiary/aromatic N) is 2. The average Bonchev–Trinajstić information content (AvgIpc) is 2.68. The Morgan fingerprint density at radius 1 is 1.08 bits per heavy atom. The third kappa shape index (κ3) is 3.10. The second-order valence-corrected chi connectivity index (χ2v) is 6.54. The van der Waals surface area contributed by atoms with E-state index in [2.05, 4.69) is 9.97 Å². The van der Waals surface area contributed by atoms with Crippen molar-refractivity contribution < 1.29 is 9.18 Å². The molecule has 5 nitrogen and oxygen atoms in total. The van der Waals surface area contributed by atoms with E-state index in [0.29, 0.717) is 48.3 Å². The van der Waals surface area contributed by atoms with Crippen molar-refractivity contribution in [1.82, 2.24) is 9.97 Å². The lowest BCUT2D eigenvalue weighted by Gasteiger charge is -2.31. The summed E-state index contributed by atoms with van der Waals surface area (Å²) in [6, 6.07) is 12.9. The van der Waals surface area contributed by atoms with Crippen LogP contribution in [0.5, 0.6) is 0 Å². The highest BCUT2D eigenvalue weighted by Crippen LogP contribution is 2.24. The number of ketones is 1. The second-order valence-electron chi connectivity index (χ2n) is 6.54. The molecule has 1 N–H and O–H groups in total. The van der Waals surface area contributed by atoms with Gasteiger partial charge >= 0.3 is 0 Å². The van der Waals surface area contributed by atoms with Gasteiger partial charge < -0.3 is 4.90 Å². The first-order valence-corrected chi connectivity index (χ1v) is 8.65. The molecule has 2 aromatic carbocycles. The van der Waals surface area contributed by atoms with Crippen molar-refractivity contribution in [2.75, 3.05) is 18.0 Å². The van der Waals surface area contributed by atoms with Gasteiger partial charge in [-0.2, -0.15) is 0 Å². The van der Waals surface area contributed by atoms with E-state index in [9.17, 15) is 14.0 Å². The van der Waals surface area contributed by atoms with E-state index in [-0.39, 0.29) is 23.1 Å². The molecule has 6 heteroatoms. The zero-order valence-electron chi connectivity index (χ0n) is 14.1.